The third-order valence-electron chi connectivity index (χ3n) is 2.10. The number of nitrogens with zero attached hydrogens (tertiary/aromatic N) is 1. The molecule has 0 aliphatic carbocycles. The lowest BCUT2D eigenvalue weighted by molar-refractivity contribution is -0.116. The quantitative estimate of drug-likeness (QED) is 0.916. The molecule has 4 nitrogen and oxygen atoms in total. The van der Waals surface area contributed by atoms with E-state index in [1.54, 1.807) is 23.7 Å². The first-order valence-corrected chi connectivity index (χ1v) is 6.58. The fraction of sp³-hybridized carbons (Fsp3) is 0.167. The summed E-state index contributed by atoms with van der Waals surface area (Å²) in [4.78, 5) is 15.5. The zero-order valence-electron chi connectivity index (χ0n) is 9.43. The van der Waals surface area contributed by atoms with Gasteiger partial charge in [-0.25, -0.2) is 4.98 Å². The lowest BCUT2D eigenvalue weighted by Crippen LogP contribution is -2.15. The maximum atomic E-state index is 11.5. The second-order valence-electron chi connectivity index (χ2n) is 3.41. The summed E-state index contributed by atoms with van der Waals surface area (Å²) in [5, 5.41) is 5.61. The van der Waals surface area contributed by atoms with Crippen molar-refractivity contribution >= 4 is 34.0 Å². The van der Waals surface area contributed by atoms with Crippen LogP contribution in [0.4, 0.5) is 5.13 Å². The Hall–Kier alpha value is -1.59. The second kappa shape index (κ2) is 6.37. The van der Waals surface area contributed by atoms with Crippen LogP contribution in [0.15, 0.2) is 35.8 Å². The molecule has 0 bridgehead atoms. The SMILES string of the molecule is O=C(CCOc1ccccc1Cl)Nc1nccs1. The van der Waals surface area contributed by atoms with Crippen molar-refractivity contribution in [3.05, 3.63) is 40.9 Å². The molecule has 0 unspecified atom stereocenters. The molecule has 2 rings (SSSR count). The number of anilines is 1. The molecule has 0 fully saturated rings. The normalized spacial score (nSPS) is 10.1. The summed E-state index contributed by atoms with van der Waals surface area (Å²) in [5.41, 5.74) is 0. The number of aromatic nitrogens is 1. The number of carbonyl (C=O) groups is 1. The van der Waals surface area contributed by atoms with Crippen LogP contribution >= 0.6 is 22.9 Å². The molecule has 0 radical (unpaired) electrons. The van der Waals surface area contributed by atoms with Crippen molar-refractivity contribution in [2.45, 2.75) is 6.42 Å². The summed E-state index contributed by atoms with van der Waals surface area (Å²) in [5.74, 6) is 0.457. The highest BCUT2D eigenvalue weighted by atomic mass is 35.5. The largest absolute Gasteiger partial charge is 0.491 e. The van der Waals surface area contributed by atoms with Crippen LogP contribution in [0.1, 0.15) is 6.42 Å². The van der Waals surface area contributed by atoms with Crippen molar-refractivity contribution in [2.24, 2.45) is 0 Å². The molecule has 2 aromatic rings. The van der Waals surface area contributed by atoms with Gasteiger partial charge in [0.2, 0.25) is 5.91 Å². The number of rotatable bonds is 5. The maximum Gasteiger partial charge on any atom is 0.229 e. The minimum Gasteiger partial charge on any atom is -0.491 e. The molecule has 0 saturated heterocycles. The van der Waals surface area contributed by atoms with Crippen molar-refractivity contribution in [1.29, 1.82) is 0 Å². The summed E-state index contributed by atoms with van der Waals surface area (Å²) in [6.07, 6.45) is 1.89. The Kier molecular flexibility index (Phi) is 4.55. The van der Waals surface area contributed by atoms with Gasteiger partial charge in [0.1, 0.15) is 5.75 Å². The van der Waals surface area contributed by atoms with Crippen LogP contribution in [0, 0.1) is 0 Å². The Labute approximate surface area is 114 Å². The van der Waals surface area contributed by atoms with E-state index in [1.165, 1.54) is 11.3 Å². The second-order valence-corrected chi connectivity index (χ2v) is 4.72. The summed E-state index contributed by atoms with van der Waals surface area (Å²) >= 11 is 7.30. The number of para-hydroxylation sites is 1. The molecule has 0 aliphatic heterocycles. The van der Waals surface area contributed by atoms with Gasteiger partial charge in [0.05, 0.1) is 18.1 Å². The Balaban J connectivity index is 1.75. The number of carbonyl (C=O) groups excluding carboxylic acids is 1. The van der Waals surface area contributed by atoms with Crippen molar-refractivity contribution in [3.63, 3.8) is 0 Å². The minimum absolute atomic E-state index is 0.128. The number of amides is 1. The number of hydrogen-bond donors (Lipinski definition) is 1. The molecule has 1 amide bonds. The van der Waals surface area contributed by atoms with E-state index in [0.717, 1.165) is 0 Å². The van der Waals surface area contributed by atoms with Gasteiger partial charge in [0.15, 0.2) is 5.13 Å². The van der Waals surface area contributed by atoms with Gasteiger partial charge in [-0.3, -0.25) is 4.79 Å². The molecular weight excluding hydrogens is 272 g/mol. The van der Waals surface area contributed by atoms with Crippen LogP contribution in [-0.4, -0.2) is 17.5 Å². The van der Waals surface area contributed by atoms with Gasteiger partial charge in [-0.2, -0.15) is 0 Å². The van der Waals surface area contributed by atoms with E-state index in [0.29, 0.717) is 15.9 Å². The summed E-state index contributed by atoms with van der Waals surface area (Å²) in [7, 11) is 0. The highest BCUT2D eigenvalue weighted by molar-refractivity contribution is 7.13. The first kappa shape index (κ1) is 12.9. The van der Waals surface area contributed by atoms with Crippen molar-refractivity contribution in [3.8, 4) is 5.75 Å². The topological polar surface area (TPSA) is 51.2 Å². The summed E-state index contributed by atoms with van der Waals surface area (Å²) in [6, 6.07) is 7.16. The maximum absolute atomic E-state index is 11.5. The average Bonchev–Trinajstić information content (AvgIpc) is 2.84. The molecule has 18 heavy (non-hydrogen) atoms. The van der Waals surface area contributed by atoms with E-state index in [9.17, 15) is 4.79 Å². The fourth-order valence-corrected chi connectivity index (χ4v) is 2.02. The lowest BCUT2D eigenvalue weighted by Gasteiger charge is -2.07. The Morgan fingerprint density at radius 3 is 3.00 bits per heavy atom. The van der Waals surface area contributed by atoms with Crippen LogP contribution in [0.3, 0.4) is 0 Å². The molecule has 1 aromatic carbocycles. The van der Waals surface area contributed by atoms with Gasteiger partial charge in [-0.05, 0) is 12.1 Å². The highest BCUT2D eigenvalue weighted by Gasteiger charge is 2.05. The number of nitrogens with one attached hydrogen (secondary N) is 1. The zero-order valence-corrected chi connectivity index (χ0v) is 11.0. The Morgan fingerprint density at radius 2 is 2.28 bits per heavy atom. The van der Waals surface area contributed by atoms with E-state index < -0.39 is 0 Å². The predicted octanol–water partition coefficient (Wildman–Crippen LogP) is 3.20. The van der Waals surface area contributed by atoms with Gasteiger partial charge in [0, 0.05) is 11.6 Å². The average molecular weight is 283 g/mol. The molecule has 0 atom stereocenters. The van der Waals surface area contributed by atoms with Crippen LogP contribution < -0.4 is 10.1 Å². The number of hydrogen-bond acceptors (Lipinski definition) is 4. The van der Waals surface area contributed by atoms with E-state index in [4.69, 9.17) is 16.3 Å². The molecule has 6 heteroatoms. The Morgan fingerprint density at radius 1 is 1.44 bits per heavy atom. The molecule has 94 valence electrons. The van der Waals surface area contributed by atoms with Gasteiger partial charge < -0.3 is 10.1 Å². The first-order chi connectivity index (χ1) is 8.75. The van der Waals surface area contributed by atoms with Crippen LogP contribution in [0.25, 0.3) is 0 Å². The zero-order chi connectivity index (χ0) is 12.8. The minimum atomic E-state index is -0.128. The summed E-state index contributed by atoms with van der Waals surface area (Å²) < 4.78 is 5.42. The lowest BCUT2D eigenvalue weighted by atomic mass is 10.3. The van der Waals surface area contributed by atoms with Gasteiger partial charge in [0.25, 0.3) is 0 Å². The van der Waals surface area contributed by atoms with Gasteiger partial charge in [-0.1, -0.05) is 23.7 Å². The van der Waals surface area contributed by atoms with Gasteiger partial charge >= 0.3 is 0 Å². The van der Waals surface area contributed by atoms with E-state index in [2.05, 4.69) is 10.3 Å². The van der Waals surface area contributed by atoms with Crippen molar-refractivity contribution < 1.29 is 9.53 Å². The molecular formula is C12H11ClN2O2S. The number of benzene rings is 1. The monoisotopic (exact) mass is 282 g/mol. The molecule has 1 N–H and O–H groups in total. The van der Waals surface area contributed by atoms with Crippen molar-refractivity contribution in [2.75, 3.05) is 11.9 Å². The summed E-state index contributed by atoms with van der Waals surface area (Å²) in [6.45, 7) is 0.279. The predicted molar refractivity (Wildman–Crippen MR) is 72.3 cm³/mol. The van der Waals surface area contributed by atoms with Crippen LogP contribution in [0.2, 0.25) is 5.02 Å². The van der Waals surface area contributed by atoms with E-state index >= 15 is 0 Å². The highest BCUT2D eigenvalue weighted by Crippen LogP contribution is 2.23. The van der Waals surface area contributed by atoms with Gasteiger partial charge in [-0.15, -0.1) is 11.3 Å². The Bertz CT molecular complexity index is 517. The molecule has 1 heterocycles. The molecule has 0 aliphatic rings. The van der Waals surface area contributed by atoms with E-state index in [1.807, 2.05) is 12.1 Å². The molecule has 0 spiro atoms. The number of ether oxygens (including phenoxy) is 1. The fourth-order valence-electron chi connectivity index (χ4n) is 1.28. The number of halogens is 1. The molecule has 0 saturated carbocycles. The third-order valence-corrected chi connectivity index (χ3v) is 3.10. The third kappa shape index (κ3) is 3.72. The first-order valence-electron chi connectivity index (χ1n) is 5.32. The van der Waals surface area contributed by atoms with Crippen LogP contribution in [-0.2, 0) is 4.79 Å². The smallest absolute Gasteiger partial charge is 0.229 e. The van der Waals surface area contributed by atoms with Crippen molar-refractivity contribution in [1.82, 2.24) is 4.98 Å². The standard InChI is InChI=1S/C12H11ClN2O2S/c13-9-3-1-2-4-10(9)17-7-5-11(16)15-12-14-6-8-18-12/h1-4,6,8H,5,7H2,(H,14,15,16). The van der Waals surface area contributed by atoms with E-state index in [-0.39, 0.29) is 18.9 Å². The van der Waals surface area contributed by atoms with Crippen LogP contribution in [0.5, 0.6) is 5.75 Å². The number of thiazole rings is 1. The molecule has 1 aromatic heterocycles.